The van der Waals surface area contributed by atoms with Gasteiger partial charge in [-0.15, -0.1) is 0 Å². The number of carboxylic acid groups (broad SMARTS) is 1. The Balaban J connectivity index is 1.59. The average Bonchev–Trinajstić information content (AvgIpc) is 3.51. The fourth-order valence-corrected chi connectivity index (χ4v) is 2.76. The van der Waals surface area contributed by atoms with Crippen LogP contribution in [0, 0.1) is 5.92 Å². The molecule has 0 aliphatic heterocycles. The zero-order valence-corrected chi connectivity index (χ0v) is 15.2. The van der Waals surface area contributed by atoms with E-state index in [0.717, 1.165) is 5.56 Å². The summed E-state index contributed by atoms with van der Waals surface area (Å²) in [6.07, 6.45) is 2.91. The van der Waals surface area contributed by atoms with Gasteiger partial charge in [0, 0.05) is 6.54 Å². The molecule has 6 nitrogen and oxygen atoms in total. The van der Waals surface area contributed by atoms with E-state index in [0.29, 0.717) is 42.6 Å². The highest BCUT2D eigenvalue weighted by molar-refractivity contribution is 5.96. The van der Waals surface area contributed by atoms with E-state index in [-0.39, 0.29) is 11.5 Å². The Morgan fingerprint density at radius 1 is 1.15 bits per heavy atom. The highest BCUT2D eigenvalue weighted by Crippen LogP contribution is 2.30. The van der Waals surface area contributed by atoms with Gasteiger partial charge in [-0.25, -0.2) is 4.79 Å². The fraction of sp³-hybridized carbons (Fsp3) is 0.333. The Morgan fingerprint density at radius 2 is 1.93 bits per heavy atom. The minimum Gasteiger partial charge on any atom is -0.496 e. The molecule has 27 heavy (non-hydrogen) atoms. The topological polar surface area (TPSA) is 84.9 Å². The van der Waals surface area contributed by atoms with Crippen molar-refractivity contribution in [1.29, 1.82) is 0 Å². The summed E-state index contributed by atoms with van der Waals surface area (Å²) in [5.74, 6) is 0.517. The van der Waals surface area contributed by atoms with Gasteiger partial charge >= 0.3 is 5.97 Å². The smallest absolute Gasteiger partial charge is 0.335 e. The number of aromatic carboxylic acids is 1. The Morgan fingerprint density at radius 3 is 2.63 bits per heavy atom. The maximum absolute atomic E-state index is 12.5. The number of para-hydroxylation sites is 1. The maximum atomic E-state index is 12.5. The van der Waals surface area contributed by atoms with E-state index >= 15 is 0 Å². The third-order valence-electron chi connectivity index (χ3n) is 4.52. The van der Waals surface area contributed by atoms with Crippen LogP contribution in [0.4, 0.5) is 0 Å². The molecule has 0 radical (unpaired) electrons. The van der Waals surface area contributed by atoms with Crippen molar-refractivity contribution in [3.8, 4) is 11.5 Å². The van der Waals surface area contributed by atoms with Gasteiger partial charge in [-0.3, -0.25) is 4.79 Å². The molecule has 2 N–H and O–H groups in total. The highest BCUT2D eigenvalue weighted by atomic mass is 16.5. The van der Waals surface area contributed by atoms with E-state index in [1.807, 2.05) is 18.2 Å². The molecule has 1 aliphatic rings. The third kappa shape index (κ3) is 5.00. The molecule has 0 aromatic heterocycles. The van der Waals surface area contributed by atoms with Gasteiger partial charge in [0.25, 0.3) is 5.91 Å². The van der Waals surface area contributed by atoms with E-state index in [9.17, 15) is 9.59 Å². The highest BCUT2D eigenvalue weighted by Gasteiger charge is 2.23. The lowest BCUT2D eigenvalue weighted by Crippen LogP contribution is -2.26. The first-order chi connectivity index (χ1) is 13.1. The van der Waals surface area contributed by atoms with Crippen LogP contribution in [0.5, 0.6) is 11.5 Å². The predicted octanol–water partition coefficient (Wildman–Crippen LogP) is 3.15. The van der Waals surface area contributed by atoms with Crippen molar-refractivity contribution in [2.45, 2.75) is 19.3 Å². The molecule has 1 saturated carbocycles. The summed E-state index contributed by atoms with van der Waals surface area (Å²) in [7, 11) is 1.50. The molecule has 1 amide bonds. The zero-order valence-electron chi connectivity index (χ0n) is 15.2. The molecule has 142 valence electrons. The molecule has 0 bridgehead atoms. The lowest BCUT2D eigenvalue weighted by atomic mass is 10.1. The Kier molecular flexibility index (Phi) is 5.96. The molecule has 1 aliphatic carbocycles. The van der Waals surface area contributed by atoms with Gasteiger partial charge in [0.1, 0.15) is 11.5 Å². The van der Waals surface area contributed by atoms with Crippen LogP contribution in [0.1, 0.15) is 39.1 Å². The molecule has 0 unspecified atom stereocenters. The number of carbonyl (C=O) groups excluding carboxylic acids is 1. The molecule has 2 aromatic carbocycles. The summed E-state index contributed by atoms with van der Waals surface area (Å²) < 4.78 is 11.0. The minimum atomic E-state index is -1.00. The largest absolute Gasteiger partial charge is 0.496 e. The van der Waals surface area contributed by atoms with Crippen LogP contribution >= 0.6 is 0 Å². The number of nitrogens with one attached hydrogen (secondary N) is 1. The Labute approximate surface area is 158 Å². The minimum absolute atomic E-state index is 0.168. The summed E-state index contributed by atoms with van der Waals surface area (Å²) in [5.41, 5.74) is 1.52. The van der Waals surface area contributed by atoms with Crippen LogP contribution in [-0.4, -0.2) is 37.2 Å². The van der Waals surface area contributed by atoms with Crippen molar-refractivity contribution in [2.24, 2.45) is 5.92 Å². The number of hydrogen-bond acceptors (Lipinski definition) is 4. The van der Waals surface area contributed by atoms with Crippen molar-refractivity contribution < 1.29 is 24.2 Å². The van der Waals surface area contributed by atoms with Crippen molar-refractivity contribution in [1.82, 2.24) is 5.32 Å². The SMILES string of the molecule is COc1cc(C(=O)O)ccc1CCNC(=O)c1ccccc1OCC1CC1. The first kappa shape index (κ1) is 18.8. The van der Waals surface area contributed by atoms with Gasteiger partial charge in [-0.05, 0) is 55.0 Å². The average molecular weight is 369 g/mol. The third-order valence-corrected chi connectivity index (χ3v) is 4.52. The molecule has 1 fully saturated rings. The molecule has 0 atom stereocenters. The lowest BCUT2D eigenvalue weighted by Gasteiger charge is -2.12. The first-order valence-electron chi connectivity index (χ1n) is 8.98. The van der Waals surface area contributed by atoms with E-state index in [2.05, 4.69) is 5.32 Å². The first-order valence-corrected chi connectivity index (χ1v) is 8.98. The van der Waals surface area contributed by atoms with Crippen molar-refractivity contribution in [2.75, 3.05) is 20.3 Å². The standard InChI is InChI=1S/C21H23NO5/c1-26-19-12-16(21(24)25)9-8-15(19)10-11-22-20(23)17-4-2-3-5-18(17)27-13-14-6-7-14/h2-5,8-9,12,14H,6-7,10-11,13H2,1H3,(H,22,23)(H,24,25). The van der Waals surface area contributed by atoms with Crippen molar-refractivity contribution in [3.63, 3.8) is 0 Å². The van der Waals surface area contributed by atoms with E-state index < -0.39 is 5.97 Å². The number of amides is 1. The second-order valence-electron chi connectivity index (χ2n) is 6.59. The number of methoxy groups -OCH3 is 1. The normalized spacial score (nSPS) is 13.1. The molecule has 3 rings (SSSR count). The van der Waals surface area contributed by atoms with Crippen LogP contribution in [0.25, 0.3) is 0 Å². The summed E-state index contributed by atoms with van der Waals surface area (Å²) in [6, 6.07) is 12.0. The Bertz CT molecular complexity index is 829. The summed E-state index contributed by atoms with van der Waals surface area (Å²) in [5, 5.41) is 11.9. The van der Waals surface area contributed by atoms with Gasteiger partial charge < -0.3 is 19.9 Å². The van der Waals surface area contributed by atoms with Gasteiger partial charge in [0.05, 0.1) is 24.8 Å². The molecular weight excluding hydrogens is 346 g/mol. The summed E-state index contributed by atoms with van der Waals surface area (Å²) in [6.45, 7) is 1.05. The van der Waals surface area contributed by atoms with Crippen LogP contribution in [-0.2, 0) is 6.42 Å². The van der Waals surface area contributed by atoms with Crippen LogP contribution in [0.15, 0.2) is 42.5 Å². The molecular formula is C21H23NO5. The zero-order chi connectivity index (χ0) is 19.2. The van der Waals surface area contributed by atoms with Crippen LogP contribution < -0.4 is 14.8 Å². The number of carbonyl (C=O) groups is 2. The number of ether oxygens (including phenoxy) is 2. The van der Waals surface area contributed by atoms with Crippen molar-refractivity contribution in [3.05, 3.63) is 59.2 Å². The van der Waals surface area contributed by atoms with Gasteiger partial charge in [-0.2, -0.15) is 0 Å². The lowest BCUT2D eigenvalue weighted by molar-refractivity contribution is 0.0696. The molecule has 0 spiro atoms. The van der Waals surface area contributed by atoms with Gasteiger partial charge in [0.2, 0.25) is 0 Å². The molecule has 0 heterocycles. The number of rotatable bonds is 9. The van der Waals surface area contributed by atoms with Crippen LogP contribution in [0.2, 0.25) is 0 Å². The van der Waals surface area contributed by atoms with E-state index in [1.165, 1.54) is 32.1 Å². The monoisotopic (exact) mass is 369 g/mol. The van der Waals surface area contributed by atoms with E-state index in [1.54, 1.807) is 12.1 Å². The fourth-order valence-electron chi connectivity index (χ4n) is 2.76. The molecule has 0 saturated heterocycles. The molecule has 2 aromatic rings. The van der Waals surface area contributed by atoms with E-state index in [4.69, 9.17) is 14.6 Å². The second-order valence-corrected chi connectivity index (χ2v) is 6.59. The van der Waals surface area contributed by atoms with Gasteiger partial charge in [0.15, 0.2) is 0 Å². The second kappa shape index (κ2) is 8.58. The molecule has 6 heteroatoms. The number of carboxylic acids is 1. The Hall–Kier alpha value is -3.02. The summed E-state index contributed by atoms with van der Waals surface area (Å²) in [4.78, 5) is 23.6. The van der Waals surface area contributed by atoms with Crippen LogP contribution in [0.3, 0.4) is 0 Å². The quantitative estimate of drug-likeness (QED) is 0.709. The van der Waals surface area contributed by atoms with Gasteiger partial charge in [-0.1, -0.05) is 18.2 Å². The van der Waals surface area contributed by atoms with Crippen molar-refractivity contribution >= 4 is 11.9 Å². The number of hydrogen-bond donors (Lipinski definition) is 2. The summed E-state index contributed by atoms with van der Waals surface area (Å²) >= 11 is 0. The maximum Gasteiger partial charge on any atom is 0.335 e. The number of benzene rings is 2. The predicted molar refractivity (Wildman–Crippen MR) is 101 cm³/mol.